The molecule has 0 aliphatic carbocycles. The molecule has 10 heteroatoms. The summed E-state index contributed by atoms with van der Waals surface area (Å²) in [7, 11) is -0.789. The van der Waals surface area contributed by atoms with E-state index < -0.39 is 10.0 Å². The monoisotopic (exact) mass is 381 g/mol. The molecule has 25 heavy (non-hydrogen) atoms. The Kier molecular flexibility index (Phi) is 4.64. The summed E-state index contributed by atoms with van der Waals surface area (Å²) in [6.45, 7) is 1.66. The van der Waals surface area contributed by atoms with Crippen molar-refractivity contribution in [1.29, 1.82) is 0 Å². The van der Waals surface area contributed by atoms with Gasteiger partial charge >= 0.3 is 0 Å². The van der Waals surface area contributed by atoms with Crippen LogP contribution in [0, 0.1) is 6.92 Å². The Morgan fingerprint density at radius 3 is 2.36 bits per heavy atom. The summed E-state index contributed by atoms with van der Waals surface area (Å²) in [5.41, 5.74) is 0.909. The van der Waals surface area contributed by atoms with Crippen molar-refractivity contribution in [2.24, 2.45) is 0 Å². The molecule has 0 bridgehead atoms. The van der Waals surface area contributed by atoms with E-state index in [1.54, 1.807) is 30.5 Å². The number of hydrogen-bond donors (Lipinski definition) is 1. The minimum absolute atomic E-state index is 0.131. The second kappa shape index (κ2) is 6.73. The van der Waals surface area contributed by atoms with Crippen LogP contribution in [0.15, 0.2) is 38.4 Å². The van der Waals surface area contributed by atoms with E-state index in [9.17, 15) is 8.42 Å². The number of benzene rings is 1. The fourth-order valence-electron chi connectivity index (χ4n) is 2.06. The molecule has 0 spiro atoms. The van der Waals surface area contributed by atoms with E-state index in [-0.39, 0.29) is 4.21 Å². The lowest BCUT2D eigenvalue weighted by atomic mass is 10.3. The predicted molar refractivity (Wildman–Crippen MR) is 92.7 cm³/mol. The molecule has 3 aromatic rings. The largest absolute Gasteiger partial charge is 0.497 e. The first-order chi connectivity index (χ1) is 11.9. The molecule has 1 aromatic carbocycles. The SMILES string of the molecule is COc1cc(NS(=O)(=O)c2cc(-c3noc(C)n3)cs2)cc(OC)c1. The molecule has 0 saturated carbocycles. The Morgan fingerprint density at radius 1 is 1.12 bits per heavy atom. The molecule has 132 valence electrons. The number of aromatic nitrogens is 2. The van der Waals surface area contributed by atoms with Crippen molar-refractivity contribution in [2.45, 2.75) is 11.1 Å². The molecule has 1 N–H and O–H groups in total. The van der Waals surface area contributed by atoms with E-state index in [4.69, 9.17) is 14.0 Å². The summed E-state index contributed by atoms with van der Waals surface area (Å²) in [5, 5.41) is 5.44. The third kappa shape index (κ3) is 3.74. The second-order valence-electron chi connectivity index (χ2n) is 5.00. The van der Waals surface area contributed by atoms with Crippen LogP contribution in [0.1, 0.15) is 5.89 Å². The quantitative estimate of drug-likeness (QED) is 0.700. The number of aryl methyl sites for hydroxylation is 1. The number of methoxy groups -OCH3 is 2. The second-order valence-corrected chi connectivity index (χ2v) is 7.82. The third-order valence-corrected chi connectivity index (χ3v) is 6.05. The first-order valence-electron chi connectivity index (χ1n) is 7.06. The van der Waals surface area contributed by atoms with Gasteiger partial charge in [-0.15, -0.1) is 11.3 Å². The van der Waals surface area contributed by atoms with Gasteiger partial charge in [-0.1, -0.05) is 5.16 Å². The van der Waals surface area contributed by atoms with Gasteiger partial charge in [0.2, 0.25) is 11.7 Å². The number of anilines is 1. The van der Waals surface area contributed by atoms with E-state index in [0.29, 0.717) is 34.5 Å². The van der Waals surface area contributed by atoms with Gasteiger partial charge in [0.25, 0.3) is 10.0 Å². The van der Waals surface area contributed by atoms with E-state index in [1.807, 2.05) is 0 Å². The van der Waals surface area contributed by atoms with Gasteiger partial charge in [0.15, 0.2) is 0 Å². The Hall–Kier alpha value is -2.59. The molecular weight excluding hydrogens is 366 g/mol. The van der Waals surface area contributed by atoms with Crippen molar-refractivity contribution >= 4 is 27.0 Å². The number of nitrogens with one attached hydrogen (secondary N) is 1. The fourth-order valence-corrected chi connectivity index (χ4v) is 4.26. The van der Waals surface area contributed by atoms with Crippen LogP contribution < -0.4 is 14.2 Å². The predicted octanol–water partition coefficient (Wildman–Crippen LogP) is 2.92. The number of hydrogen-bond acceptors (Lipinski definition) is 8. The van der Waals surface area contributed by atoms with Gasteiger partial charge in [-0.05, 0) is 6.07 Å². The van der Waals surface area contributed by atoms with Crippen molar-refractivity contribution in [3.63, 3.8) is 0 Å². The normalized spacial score (nSPS) is 11.3. The molecule has 2 heterocycles. The molecule has 0 fully saturated rings. The maximum atomic E-state index is 12.6. The molecule has 0 unspecified atom stereocenters. The maximum absolute atomic E-state index is 12.6. The summed E-state index contributed by atoms with van der Waals surface area (Å²) in [6, 6.07) is 6.28. The topological polar surface area (TPSA) is 104 Å². The summed E-state index contributed by atoms with van der Waals surface area (Å²) < 4.78 is 43.0. The lowest BCUT2D eigenvalue weighted by Crippen LogP contribution is -2.11. The molecule has 0 aliphatic heterocycles. The van der Waals surface area contributed by atoms with Crippen LogP contribution in [-0.2, 0) is 10.0 Å². The smallest absolute Gasteiger partial charge is 0.271 e. The van der Waals surface area contributed by atoms with Crippen LogP contribution in [0.4, 0.5) is 5.69 Å². The zero-order chi connectivity index (χ0) is 18.0. The van der Waals surface area contributed by atoms with Crippen molar-refractivity contribution < 1.29 is 22.4 Å². The van der Waals surface area contributed by atoms with Gasteiger partial charge in [-0.2, -0.15) is 4.98 Å². The maximum Gasteiger partial charge on any atom is 0.271 e. The average Bonchev–Trinajstić information content (AvgIpc) is 3.23. The van der Waals surface area contributed by atoms with Crippen LogP contribution in [0.25, 0.3) is 11.4 Å². The van der Waals surface area contributed by atoms with Crippen molar-refractivity contribution in [3.8, 4) is 22.9 Å². The van der Waals surface area contributed by atoms with Crippen LogP contribution in [0.3, 0.4) is 0 Å². The van der Waals surface area contributed by atoms with E-state index in [2.05, 4.69) is 14.9 Å². The summed E-state index contributed by atoms with van der Waals surface area (Å²) in [4.78, 5) is 4.09. The van der Waals surface area contributed by atoms with E-state index in [0.717, 1.165) is 11.3 Å². The molecule has 0 atom stereocenters. The average molecular weight is 381 g/mol. The van der Waals surface area contributed by atoms with E-state index >= 15 is 0 Å². The Balaban J connectivity index is 1.89. The van der Waals surface area contributed by atoms with Crippen molar-refractivity contribution in [1.82, 2.24) is 10.1 Å². The first kappa shape index (κ1) is 17.2. The van der Waals surface area contributed by atoms with Crippen molar-refractivity contribution in [2.75, 3.05) is 18.9 Å². The van der Waals surface area contributed by atoms with Crippen LogP contribution in [0.5, 0.6) is 11.5 Å². The Labute approximate surface area is 148 Å². The summed E-state index contributed by atoms with van der Waals surface area (Å²) in [6.07, 6.45) is 0. The van der Waals surface area contributed by atoms with Gasteiger partial charge in [0.05, 0.1) is 19.9 Å². The highest BCUT2D eigenvalue weighted by molar-refractivity contribution is 7.94. The van der Waals surface area contributed by atoms with Gasteiger partial charge in [-0.25, -0.2) is 8.42 Å². The van der Waals surface area contributed by atoms with E-state index in [1.165, 1.54) is 20.3 Å². The molecule has 0 saturated heterocycles. The minimum Gasteiger partial charge on any atom is -0.497 e. The van der Waals surface area contributed by atoms with Gasteiger partial charge in [0.1, 0.15) is 15.7 Å². The van der Waals surface area contributed by atoms with Gasteiger partial charge in [0, 0.05) is 36.1 Å². The van der Waals surface area contributed by atoms with Gasteiger partial charge in [-0.3, -0.25) is 4.72 Å². The summed E-state index contributed by atoms with van der Waals surface area (Å²) >= 11 is 1.07. The molecule has 2 aromatic heterocycles. The highest BCUT2D eigenvalue weighted by atomic mass is 32.2. The zero-order valence-corrected chi connectivity index (χ0v) is 15.3. The molecular formula is C15H15N3O5S2. The number of thiophene rings is 1. The highest BCUT2D eigenvalue weighted by Gasteiger charge is 2.20. The van der Waals surface area contributed by atoms with Crippen molar-refractivity contribution in [3.05, 3.63) is 35.5 Å². The minimum atomic E-state index is -3.77. The molecule has 3 rings (SSSR count). The Morgan fingerprint density at radius 2 is 1.80 bits per heavy atom. The van der Waals surface area contributed by atoms with Crippen LogP contribution in [0.2, 0.25) is 0 Å². The number of sulfonamides is 1. The fraction of sp³-hybridized carbons (Fsp3) is 0.200. The van der Waals surface area contributed by atoms with Gasteiger partial charge < -0.3 is 14.0 Å². The van der Waals surface area contributed by atoms with Crippen LogP contribution in [-0.4, -0.2) is 32.8 Å². The lowest BCUT2D eigenvalue weighted by Gasteiger charge is -2.10. The highest BCUT2D eigenvalue weighted by Crippen LogP contribution is 2.31. The number of ether oxygens (including phenoxy) is 2. The van der Waals surface area contributed by atoms with Crippen LogP contribution >= 0.6 is 11.3 Å². The molecule has 0 aliphatic rings. The third-order valence-electron chi connectivity index (χ3n) is 3.23. The lowest BCUT2D eigenvalue weighted by molar-refractivity contribution is 0.394. The number of nitrogens with zero attached hydrogens (tertiary/aromatic N) is 2. The Bertz CT molecular complexity index is 972. The standard InChI is InChI=1S/C15H15N3O5S2/c1-9-16-15(17-23-9)10-4-14(24-8-10)25(19,20)18-11-5-12(21-2)7-13(6-11)22-3/h4-8,18H,1-3H3. The first-order valence-corrected chi connectivity index (χ1v) is 9.42. The molecule has 0 radical (unpaired) electrons. The summed E-state index contributed by atoms with van der Waals surface area (Å²) in [5.74, 6) is 1.71. The molecule has 0 amide bonds. The number of rotatable bonds is 6. The zero-order valence-electron chi connectivity index (χ0n) is 13.6. The molecule has 8 nitrogen and oxygen atoms in total.